The van der Waals surface area contributed by atoms with E-state index in [4.69, 9.17) is 23.2 Å². The average molecular weight is 323 g/mol. The van der Waals surface area contributed by atoms with Gasteiger partial charge in [0.15, 0.2) is 0 Å². The molecule has 0 unspecified atom stereocenters. The molecule has 0 aliphatic heterocycles. The zero-order valence-electron chi connectivity index (χ0n) is 10.9. The Kier molecular flexibility index (Phi) is 3.85. The maximum absolute atomic E-state index is 12.3. The lowest BCUT2D eigenvalue weighted by Gasteiger charge is -2.18. The minimum Gasteiger partial charge on any atom is -0.390 e. The van der Waals surface area contributed by atoms with Gasteiger partial charge in [-0.25, -0.2) is 4.98 Å². The Balaban J connectivity index is 1.85. The molecule has 21 heavy (non-hydrogen) atoms. The maximum atomic E-state index is 12.3. The second-order valence-corrected chi connectivity index (χ2v) is 5.70. The number of benzene rings is 1. The topological polar surface area (TPSA) is 62.2 Å². The van der Waals surface area contributed by atoms with E-state index in [0.717, 1.165) is 11.1 Å². The Hall–Kier alpha value is -1.62. The van der Waals surface area contributed by atoms with Gasteiger partial charge in [-0.1, -0.05) is 47.5 Å². The molecular formula is C15H12Cl2N2O2. The largest absolute Gasteiger partial charge is 0.390 e. The number of aliphatic hydroxyl groups is 1. The third kappa shape index (κ3) is 2.88. The van der Waals surface area contributed by atoms with Gasteiger partial charge in [-0.3, -0.25) is 4.79 Å². The van der Waals surface area contributed by atoms with Crippen molar-refractivity contribution in [1.82, 2.24) is 10.3 Å². The van der Waals surface area contributed by atoms with Crippen LogP contribution in [0.25, 0.3) is 0 Å². The molecule has 0 spiro atoms. The Morgan fingerprint density at radius 3 is 2.62 bits per heavy atom. The molecule has 2 atom stereocenters. The van der Waals surface area contributed by atoms with Crippen LogP contribution in [0.4, 0.5) is 0 Å². The summed E-state index contributed by atoms with van der Waals surface area (Å²) in [5.41, 5.74) is 2.29. The van der Waals surface area contributed by atoms with E-state index in [0.29, 0.717) is 12.0 Å². The Morgan fingerprint density at radius 2 is 1.90 bits per heavy atom. The summed E-state index contributed by atoms with van der Waals surface area (Å²) in [7, 11) is 0. The number of rotatable bonds is 2. The predicted molar refractivity (Wildman–Crippen MR) is 80.6 cm³/mol. The molecule has 0 saturated carbocycles. The van der Waals surface area contributed by atoms with E-state index in [-0.39, 0.29) is 16.2 Å². The van der Waals surface area contributed by atoms with E-state index in [1.807, 2.05) is 24.3 Å². The molecule has 6 heteroatoms. The van der Waals surface area contributed by atoms with Gasteiger partial charge in [-0.15, -0.1) is 0 Å². The van der Waals surface area contributed by atoms with Crippen molar-refractivity contribution in [2.75, 3.05) is 0 Å². The molecule has 1 amide bonds. The van der Waals surface area contributed by atoms with Crippen molar-refractivity contribution in [3.05, 3.63) is 63.4 Å². The zero-order chi connectivity index (χ0) is 15.0. The number of hydrogen-bond donors (Lipinski definition) is 2. The fraction of sp³-hybridized carbons (Fsp3) is 0.200. The summed E-state index contributed by atoms with van der Waals surface area (Å²) < 4.78 is 0. The van der Waals surface area contributed by atoms with Crippen LogP contribution in [0.3, 0.4) is 0 Å². The van der Waals surface area contributed by atoms with Crippen LogP contribution < -0.4 is 5.32 Å². The van der Waals surface area contributed by atoms with Gasteiger partial charge in [-0.05, 0) is 23.3 Å². The van der Waals surface area contributed by atoms with E-state index in [1.54, 1.807) is 0 Å². The van der Waals surface area contributed by atoms with E-state index < -0.39 is 12.1 Å². The van der Waals surface area contributed by atoms with Gasteiger partial charge in [0, 0.05) is 12.0 Å². The van der Waals surface area contributed by atoms with Crippen LogP contribution in [0.5, 0.6) is 0 Å². The number of amides is 1. The molecule has 1 heterocycles. The number of nitrogens with zero attached hydrogens (tertiary/aromatic N) is 1. The monoisotopic (exact) mass is 322 g/mol. The van der Waals surface area contributed by atoms with Crippen LogP contribution in [-0.2, 0) is 6.42 Å². The number of fused-ring (bicyclic) bond motifs is 1. The number of pyridine rings is 1. The average Bonchev–Trinajstić information content (AvgIpc) is 2.74. The summed E-state index contributed by atoms with van der Waals surface area (Å²) in [5.74, 6) is -0.345. The predicted octanol–water partition coefficient (Wildman–Crippen LogP) is 2.78. The molecule has 2 aromatic rings. The van der Waals surface area contributed by atoms with Gasteiger partial charge in [0.25, 0.3) is 5.91 Å². The smallest absolute Gasteiger partial charge is 0.252 e. The molecule has 0 saturated heterocycles. The molecular weight excluding hydrogens is 311 g/mol. The molecule has 0 bridgehead atoms. The Bertz CT molecular complexity index is 686. The van der Waals surface area contributed by atoms with Crippen molar-refractivity contribution < 1.29 is 9.90 Å². The second-order valence-electron chi connectivity index (χ2n) is 4.92. The van der Waals surface area contributed by atoms with E-state index in [9.17, 15) is 9.90 Å². The van der Waals surface area contributed by atoms with Crippen molar-refractivity contribution in [2.45, 2.75) is 18.6 Å². The number of aliphatic hydroxyl groups excluding tert-OH is 1. The first-order chi connectivity index (χ1) is 10.0. The molecule has 4 nitrogen and oxygen atoms in total. The van der Waals surface area contributed by atoms with Crippen LogP contribution in [0.1, 0.15) is 27.5 Å². The van der Waals surface area contributed by atoms with Crippen molar-refractivity contribution in [1.29, 1.82) is 0 Å². The number of nitrogens with one attached hydrogen (secondary N) is 1. The Morgan fingerprint density at radius 1 is 1.24 bits per heavy atom. The van der Waals surface area contributed by atoms with Gasteiger partial charge in [0.05, 0.1) is 12.1 Å². The summed E-state index contributed by atoms with van der Waals surface area (Å²) in [6, 6.07) is 10.1. The summed E-state index contributed by atoms with van der Waals surface area (Å²) in [4.78, 5) is 16.1. The lowest BCUT2D eigenvalue weighted by Crippen LogP contribution is -2.33. The highest BCUT2D eigenvalue weighted by Crippen LogP contribution is 2.31. The van der Waals surface area contributed by atoms with E-state index in [1.165, 1.54) is 12.1 Å². The highest BCUT2D eigenvalue weighted by molar-refractivity contribution is 6.33. The maximum Gasteiger partial charge on any atom is 0.252 e. The molecule has 108 valence electrons. The van der Waals surface area contributed by atoms with E-state index >= 15 is 0 Å². The van der Waals surface area contributed by atoms with Crippen LogP contribution in [-0.4, -0.2) is 22.1 Å². The molecule has 0 radical (unpaired) electrons. The van der Waals surface area contributed by atoms with Crippen molar-refractivity contribution in [3.63, 3.8) is 0 Å². The van der Waals surface area contributed by atoms with Gasteiger partial charge in [0.1, 0.15) is 10.3 Å². The lowest BCUT2D eigenvalue weighted by molar-refractivity contribution is 0.0858. The number of carbonyl (C=O) groups is 1. The second kappa shape index (κ2) is 5.64. The third-order valence-electron chi connectivity index (χ3n) is 3.52. The highest BCUT2D eigenvalue weighted by atomic mass is 35.5. The first-order valence-electron chi connectivity index (χ1n) is 6.44. The number of hydrogen-bond acceptors (Lipinski definition) is 3. The normalized spacial score (nSPS) is 20.1. The lowest BCUT2D eigenvalue weighted by atomic mass is 10.1. The minimum absolute atomic E-state index is 0.153. The summed E-state index contributed by atoms with van der Waals surface area (Å²) in [6.45, 7) is 0. The minimum atomic E-state index is -0.640. The fourth-order valence-electron chi connectivity index (χ4n) is 2.57. The molecule has 1 aliphatic rings. The molecule has 3 rings (SSSR count). The van der Waals surface area contributed by atoms with Crippen molar-refractivity contribution in [2.24, 2.45) is 0 Å². The quantitative estimate of drug-likeness (QED) is 0.836. The number of aromatic nitrogens is 1. The van der Waals surface area contributed by atoms with E-state index in [2.05, 4.69) is 10.3 Å². The van der Waals surface area contributed by atoms with Gasteiger partial charge >= 0.3 is 0 Å². The summed E-state index contributed by atoms with van der Waals surface area (Å²) in [5, 5.41) is 13.3. The molecule has 1 aromatic carbocycles. The first-order valence-corrected chi connectivity index (χ1v) is 7.20. The van der Waals surface area contributed by atoms with Crippen LogP contribution in [0, 0.1) is 0 Å². The van der Waals surface area contributed by atoms with Crippen LogP contribution >= 0.6 is 23.2 Å². The fourth-order valence-corrected chi connectivity index (χ4v) is 3.03. The summed E-state index contributed by atoms with van der Waals surface area (Å²) in [6.07, 6.45) is -0.113. The Labute approximate surface area is 131 Å². The molecule has 1 aliphatic carbocycles. The standard InChI is InChI=1S/C15H12Cl2N2O2/c16-12-6-9(7-13(17)18-12)15(21)19-14-10-4-2-1-3-8(10)5-11(14)20/h1-4,6-7,11,14,20H,5H2,(H,19,21)/t11-,14+/m1/s1. The first kappa shape index (κ1) is 14.3. The van der Waals surface area contributed by atoms with Gasteiger partial charge < -0.3 is 10.4 Å². The third-order valence-corrected chi connectivity index (χ3v) is 3.90. The number of carbonyl (C=O) groups excluding carboxylic acids is 1. The van der Waals surface area contributed by atoms with Crippen LogP contribution in [0.2, 0.25) is 10.3 Å². The zero-order valence-corrected chi connectivity index (χ0v) is 12.4. The molecule has 1 aromatic heterocycles. The van der Waals surface area contributed by atoms with Gasteiger partial charge in [0.2, 0.25) is 0 Å². The van der Waals surface area contributed by atoms with Gasteiger partial charge in [-0.2, -0.15) is 0 Å². The number of halogens is 2. The highest BCUT2D eigenvalue weighted by Gasteiger charge is 2.32. The van der Waals surface area contributed by atoms with Crippen molar-refractivity contribution >= 4 is 29.1 Å². The SMILES string of the molecule is O=C(N[C@H]1c2ccccc2C[C@H]1O)c1cc(Cl)nc(Cl)c1. The molecule has 2 N–H and O–H groups in total. The summed E-state index contributed by atoms with van der Waals surface area (Å²) >= 11 is 11.6. The van der Waals surface area contributed by atoms with Crippen molar-refractivity contribution in [3.8, 4) is 0 Å². The molecule has 0 fully saturated rings. The van der Waals surface area contributed by atoms with Crippen LogP contribution in [0.15, 0.2) is 36.4 Å².